The van der Waals surface area contributed by atoms with Crippen molar-refractivity contribution in [2.45, 2.75) is 24.7 Å². The van der Waals surface area contributed by atoms with Gasteiger partial charge in [-0.05, 0) is 57.6 Å². The fraction of sp³-hybridized carbons (Fsp3) is 0.118. The monoisotopic (exact) mass is 481 g/mol. The molecule has 0 N–H and O–H groups in total. The topological polar surface area (TPSA) is 4.93 Å². The Labute approximate surface area is 215 Å². The first-order valence-corrected chi connectivity index (χ1v) is 13.0. The van der Waals surface area contributed by atoms with Gasteiger partial charge in [-0.3, -0.25) is 0 Å². The van der Waals surface area contributed by atoms with E-state index in [1.807, 2.05) is 6.07 Å². The zero-order chi connectivity index (χ0) is 24.2. The van der Waals surface area contributed by atoms with E-state index in [1.54, 1.807) is 0 Å². The van der Waals surface area contributed by atoms with Crippen LogP contribution in [0.3, 0.4) is 0 Å². The zero-order valence-electron chi connectivity index (χ0n) is 20.2. The van der Waals surface area contributed by atoms with Crippen LogP contribution in [0.15, 0.2) is 109 Å². The molecule has 8 rings (SSSR count). The summed E-state index contributed by atoms with van der Waals surface area (Å²) in [7, 11) is 0. The first-order valence-electron chi connectivity index (χ1n) is 12.6. The maximum atomic E-state index is 6.80. The second-order valence-corrected chi connectivity index (χ2v) is 11.1. The number of aromatic nitrogens is 1. The van der Waals surface area contributed by atoms with Gasteiger partial charge in [0, 0.05) is 21.2 Å². The van der Waals surface area contributed by atoms with Gasteiger partial charge in [-0.25, -0.2) is 0 Å². The number of hydrogen-bond acceptors (Lipinski definition) is 0. The van der Waals surface area contributed by atoms with E-state index in [-0.39, 0.29) is 5.41 Å². The summed E-state index contributed by atoms with van der Waals surface area (Å²) in [5, 5.41) is 3.34. The molecule has 2 heterocycles. The van der Waals surface area contributed by atoms with Gasteiger partial charge in [0.25, 0.3) is 0 Å². The van der Waals surface area contributed by atoms with E-state index in [0.717, 1.165) is 5.02 Å². The summed E-state index contributed by atoms with van der Waals surface area (Å²) in [4.78, 5) is 0. The highest BCUT2D eigenvalue weighted by atomic mass is 35.5. The first-order chi connectivity index (χ1) is 17.5. The molecule has 6 aromatic rings. The molecule has 1 aliphatic carbocycles. The Morgan fingerprint density at radius 2 is 1.14 bits per heavy atom. The van der Waals surface area contributed by atoms with Crippen molar-refractivity contribution in [3.8, 4) is 5.69 Å². The highest BCUT2D eigenvalue weighted by Gasteiger charge is 2.52. The van der Waals surface area contributed by atoms with Crippen molar-refractivity contribution >= 4 is 33.4 Å². The summed E-state index contributed by atoms with van der Waals surface area (Å²) < 4.78 is 2.46. The highest BCUT2D eigenvalue weighted by molar-refractivity contribution is 6.30. The van der Waals surface area contributed by atoms with Crippen LogP contribution in [0.1, 0.15) is 47.2 Å². The second-order valence-electron chi connectivity index (χ2n) is 10.7. The third kappa shape index (κ3) is 2.20. The smallest absolute Gasteiger partial charge is 0.0749 e. The molecule has 0 amide bonds. The van der Waals surface area contributed by atoms with Gasteiger partial charge in [0.15, 0.2) is 0 Å². The molecule has 0 fully saturated rings. The molecule has 0 atom stereocenters. The Balaban J connectivity index is 1.70. The zero-order valence-corrected chi connectivity index (χ0v) is 21.0. The van der Waals surface area contributed by atoms with Crippen LogP contribution in [-0.2, 0) is 10.8 Å². The van der Waals surface area contributed by atoms with E-state index in [2.05, 4.69) is 122 Å². The number of halogens is 1. The molecular weight excluding hydrogens is 458 g/mol. The number of fused-ring (bicyclic) bond motifs is 11. The Hall–Kier alpha value is -3.81. The lowest BCUT2D eigenvalue weighted by atomic mass is 9.53. The van der Waals surface area contributed by atoms with Crippen LogP contribution in [0.5, 0.6) is 0 Å². The highest BCUT2D eigenvalue weighted by Crippen LogP contribution is 2.60. The van der Waals surface area contributed by atoms with Crippen LogP contribution in [-0.4, -0.2) is 4.57 Å². The summed E-state index contributed by atoms with van der Waals surface area (Å²) in [6.07, 6.45) is 0. The van der Waals surface area contributed by atoms with Crippen LogP contribution in [0, 0.1) is 0 Å². The van der Waals surface area contributed by atoms with Crippen molar-refractivity contribution in [1.29, 1.82) is 0 Å². The van der Waals surface area contributed by atoms with E-state index in [9.17, 15) is 0 Å². The van der Waals surface area contributed by atoms with Crippen LogP contribution >= 0.6 is 11.6 Å². The molecule has 1 spiro atoms. The Morgan fingerprint density at radius 1 is 0.556 bits per heavy atom. The molecule has 1 nitrogen and oxygen atoms in total. The lowest BCUT2D eigenvalue weighted by molar-refractivity contribution is 0.556. The molecule has 0 bridgehead atoms. The van der Waals surface area contributed by atoms with E-state index < -0.39 is 5.41 Å². The van der Waals surface area contributed by atoms with Crippen LogP contribution in [0.2, 0.25) is 5.02 Å². The van der Waals surface area contributed by atoms with Crippen molar-refractivity contribution in [1.82, 2.24) is 4.57 Å². The largest absolute Gasteiger partial charge is 0.309 e. The van der Waals surface area contributed by atoms with Gasteiger partial charge in [0.05, 0.1) is 22.1 Å². The predicted molar refractivity (Wildman–Crippen MR) is 150 cm³/mol. The van der Waals surface area contributed by atoms with Gasteiger partial charge in [-0.15, -0.1) is 0 Å². The van der Waals surface area contributed by atoms with Crippen LogP contribution in [0.4, 0.5) is 0 Å². The lowest BCUT2D eigenvalue weighted by Gasteiger charge is -2.50. The summed E-state index contributed by atoms with van der Waals surface area (Å²) in [5.41, 5.74) is 11.1. The number of hydrogen-bond donors (Lipinski definition) is 0. The maximum absolute atomic E-state index is 6.80. The Morgan fingerprint density at radius 3 is 1.86 bits per heavy atom. The molecular formula is C34H24ClN. The SMILES string of the molecule is CC1(C)c2ccccc2C2(c3cc(Cl)ccc3-n3c4ccccc4c4cccc2c43)c2ccccc21. The molecule has 2 aliphatic rings. The molecule has 2 heteroatoms. The summed E-state index contributed by atoms with van der Waals surface area (Å²) in [6, 6.07) is 40.1. The van der Waals surface area contributed by atoms with E-state index in [4.69, 9.17) is 11.6 Å². The molecule has 1 aliphatic heterocycles. The van der Waals surface area contributed by atoms with Crippen molar-refractivity contribution in [2.75, 3.05) is 0 Å². The lowest BCUT2D eigenvalue weighted by Crippen LogP contribution is -2.43. The minimum absolute atomic E-state index is 0.116. The molecule has 172 valence electrons. The van der Waals surface area contributed by atoms with Gasteiger partial charge in [-0.2, -0.15) is 0 Å². The van der Waals surface area contributed by atoms with Gasteiger partial charge < -0.3 is 4.57 Å². The quantitative estimate of drug-likeness (QED) is 0.204. The van der Waals surface area contributed by atoms with E-state index >= 15 is 0 Å². The van der Waals surface area contributed by atoms with Gasteiger partial charge in [0.2, 0.25) is 0 Å². The first kappa shape index (κ1) is 20.4. The van der Waals surface area contributed by atoms with Crippen LogP contribution in [0.25, 0.3) is 27.5 Å². The fourth-order valence-electron chi connectivity index (χ4n) is 7.30. The molecule has 1 aromatic heterocycles. The molecule has 0 saturated carbocycles. The second kappa shape index (κ2) is 6.69. The average Bonchev–Trinajstić information content (AvgIpc) is 3.25. The van der Waals surface area contributed by atoms with Gasteiger partial charge in [0.1, 0.15) is 0 Å². The normalized spacial score (nSPS) is 16.1. The van der Waals surface area contributed by atoms with Gasteiger partial charge >= 0.3 is 0 Å². The summed E-state index contributed by atoms with van der Waals surface area (Å²) >= 11 is 6.80. The van der Waals surface area contributed by atoms with Crippen molar-refractivity contribution in [2.24, 2.45) is 0 Å². The number of para-hydroxylation sites is 2. The maximum Gasteiger partial charge on any atom is 0.0749 e. The molecule has 36 heavy (non-hydrogen) atoms. The Kier molecular flexibility index (Phi) is 3.79. The standard InChI is InChI=1S/C34H24ClN/c1-33(2)24-12-4-6-14-26(24)34(27-15-7-5-13-25(27)33)28-16-9-11-23-22-10-3-8-17-30(22)36(32(23)28)31-19-18-21(35)20-29(31)34/h3-20H,1-2H3. The van der Waals surface area contributed by atoms with E-state index in [0.29, 0.717) is 0 Å². The number of nitrogens with zero attached hydrogens (tertiary/aromatic N) is 1. The molecule has 5 aromatic carbocycles. The summed E-state index contributed by atoms with van der Waals surface area (Å²) in [6.45, 7) is 4.72. The van der Waals surface area contributed by atoms with Crippen molar-refractivity contribution in [3.05, 3.63) is 148 Å². The Bertz CT molecular complexity index is 1840. The number of rotatable bonds is 0. The van der Waals surface area contributed by atoms with Crippen LogP contribution < -0.4 is 0 Å². The summed E-state index contributed by atoms with van der Waals surface area (Å²) in [5.74, 6) is 0. The van der Waals surface area contributed by atoms with Crippen molar-refractivity contribution in [3.63, 3.8) is 0 Å². The molecule has 0 radical (unpaired) electrons. The molecule has 0 unspecified atom stereocenters. The fourth-order valence-corrected chi connectivity index (χ4v) is 7.47. The van der Waals surface area contributed by atoms with Gasteiger partial charge in [-0.1, -0.05) is 110 Å². The minimum atomic E-state index is -0.465. The minimum Gasteiger partial charge on any atom is -0.309 e. The third-order valence-corrected chi connectivity index (χ3v) is 8.95. The van der Waals surface area contributed by atoms with Crippen molar-refractivity contribution < 1.29 is 0 Å². The molecule has 0 saturated heterocycles. The predicted octanol–water partition coefficient (Wildman–Crippen LogP) is 8.77. The average molecular weight is 482 g/mol. The third-order valence-electron chi connectivity index (χ3n) is 8.71. The number of benzene rings is 5. The van der Waals surface area contributed by atoms with E-state index in [1.165, 1.54) is 60.9 Å².